The van der Waals surface area contributed by atoms with E-state index in [4.69, 9.17) is 23.2 Å². The summed E-state index contributed by atoms with van der Waals surface area (Å²) in [7, 11) is 0. The van der Waals surface area contributed by atoms with Gasteiger partial charge in [-0.2, -0.15) is 0 Å². The minimum atomic E-state index is -0.119. The monoisotopic (exact) mass is 442 g/mol. The van der Waals surface area contributed by atoms with Crippen LogP contribution in [-0.2, 0) is 9.59 Å². The first-order valence-electron chi connectivity index (χ1n) is 9.96. The zero-order valence-corrected chi connectivity index (χ0v) is 18.0. The molecule has 1 fully saturated rings. The number of carbonyl (C=O) groups excluding carboxylic acids is 2. The van der Waals surface area contributed by atoms with Crippen LogP contribution in [0.2, 0.25) is 10.0 Å². The lowest BCUT2D eigenvalue weighted by Crippen LogP contribution is -2.43. The van der Waals surface area contributed by atoms with Crippen LogP contribution < -0.4 is 10.6 Å². The van der Waals surface area contributed by atoms with Gasteiger partial charge in [0.15, 0.2) is 0 Å². The molecule has 3 rings (SSSR count). The molecular weight excluding hydrogens is 419 g/mol. The van der Waals surface area contributed by atoms with E-state index < -0.39 is 0 Å². The normalized spacial score (nSPS) is 19.1. The molecule has 2 aromatic carbocycles. The van der Waals surface area contributed by atoms with E-state index in [9.17, 15) is 9.59 Å². The molecule has 0 radical (unpaired) electrons. The summed E-state index contributed by atoms with van der Waals surface area (Å²) in [6.45, 7) is 0. The van der Waals surface area contributed by atoms with E-state index in [1.807, 2.05) is 24.3 Å². The van der Waals surface area contributed by atoms with Crippen molar-refractivity contribution in [1.82, 2.24) is 10.6 Å². The van der Waals surface area contributed by atoms with Gasteiger partial charge in [0.05, 0.1) is 0 Å². The summed E-state index contributed by atoms with van der Waals surface area (Å²) in [6.07, 6.45) is 9.89. The Bertz CT molecular complexity index is 870. The fourth-order valence-electron chi connectivity index (χ4n) is 3.45. The van der Waals surface area contributed by atoms with Crippen LogP contribution in [0, 0.1) is 0 Å². The minimum absolute atomic E-state index is 0.119. The van der Waals surface area contributed by atoms with E-state index in [2.05, 4.69) is 10.6 Å². The lowest BCUT2D eigenvalue weighted by molar-refractivity contribution is -0.118. The summed E-state index contributed by atoms with van der Waals surface area (Å²) < 4.78 is 0. The predicted octanol–water partition coefficient (Wildman–Crippen LogP) is 5.26. The molecule has 1 aliphatic carbocycles. The summed E-state index contributed by atoms with van der Waals surface area (Å²) in [5.74, 6) is -0.237. The SMILES string of the molecule is O=C(/C=C/c1cccc(Cl)c1)NC1CCC(NC(=O)/C=C/c2cccc(Cl)c2)CC1. The summed E-state index contributed by atoms with van der Waals surface area (Å²) >= 11 is 11.9. The molecule has 0 spiro atoms. The van der Waals surface area contributed by atoms with Crippen LogP contribution in [0.4, 0.5) is 0 Å². The Kier molecular flexibility index (Phi) is 8.12. The highest BCUT2D eigenvalue weighted by atomic mass is 35.5. The van der Waals surface area contributed by atoms with E-state index in [0.717, 1.165) is 36.8 Å². The van der Waals surface area contributed by atoms with Gasteiger partial charge in [0.25, 0.3) is 0 Å². The second kappa shape index (κ2) is 11.0. The molecule has 156 valence electrons. The van der Waals surface area contributed by atoms with Gasteiger partial charge >= 0.3 is 0 Å². The van der Waals surface area contributed by atoms with Crippen LogP contribution in [0.1, 0.15) is 36.8 Å². The van der Waals surface area contributed by atoms with Gasteiger partial charge in [0, 0.05) is 34.3 Å². The van der Waals surface area contributed by atoms with Crippen molar-refractivity contribution >= 4 is 47.2 Å². The maximum absolute atomic E-state index is 12.2. The first-order chi connectivity index (χ1) is 14.5. The van der Waals surface area contributed by atoms with Crippen molar-refractivity contribution < 1.29 is 9.59 Å². The Balaban J connectivity index is 1.40. The third-order valence-corrected chi connectivity index (χ3v) is 5.44. The Labute approximate surface area is 187 Å². The number of rotatable bonds is 6. The van der Waals surface area contributed by atoms with E-state index in [1.165, 1.54) is 12.2 Å². The Hall–Kier alpha value is -2.56. The zero-order valence-electron chi connectivity index (χ0n) is 16.5. The third-order valence-electron chi connectivity index (χ3n) is 4.97. The number of halogens is 2. The molecule has 30 heavy (non-hydrogen) atoms. The van der Waals surface area contributed by atoms with Gasteiger partial charge in [-0.05, 0) is 73.2 Å². The van der Waals surface area contributed by atoms with Gasteiger partial charge in [0.2, 0.25) is 11.8 Å². The maximum atomic E-state index is 12.2. The van der Waals surface area contributed by atoms with Gasteiger partial charge in [-0.1, -0.05) is 47.5 Å². The van der Waals surface area contributed by atoms with E-state index in [0.29, 0.717) is 10.0 Å². The average molecular weight is 443 g/mol. The molecule has 0 saturated heterocycles. The highest BCUT2D eigenvalue weighted by Crippen LogP contribution is 2.19. The molecule has 1 aliphatic rings. The number of carbonyl (C=O) groups is 2. The molecule has 0 bridgehead atoms. The van der Waals surface area contributed by atoms with Crippen LogP contribution in [0.25, 0.3) is 12.2 Å². The number of benzene rings is 2. The van der Waals surface area contributed by atoms with Crippen molar-refractivity contribution in [1.29, 1.82) is 0 Å². The number of amides is 2. The second-order valence-electron chi connectivity index (χ2n) is 7.34. The predicted molar refractivity (Wildman–Crippen MR) is 123 cm³/mol. The summed E-state index contributed by atoms with van der Waals surface area (Å²) in [5, 5.41) is 7.34. The van der Waals surface area contributed by atoms with Gasteiger partial charge in [-0.25, -0.2) is 0 Å². The van der Waals surface area contributed by atoms with Gasteiger partial charge < -0.3 is 10.6 Å². The lowest BCUT2D eigenvalue weighted by Gasteiger charge is -2.29. The molecule has 4 nitrogen and oxygen atoms in total. The summed E-state index contributed by atoms with van der Waals surface area (Å²) in [6, 6.07) is 14.9. The molecule has 6 heteroatoms. The number of hydrogen-bond acceptors (Lipinski definition) is 2. The molecule has 0 aliphatic heterocycles. The van der Waals surface area contributed by atoms with Crippen LogP contribution >= 0.6 is 23.2 Å². The van der Waals surface area contributed by atoms with Gasteiger partial charge in [-0.3, -0.25) is 9.59 Å². The Morgan fingerprint density at radius 3 is 1.50 bits per heavy atom. The first-order valence-corrected chi connectivity index (χ1v) is 10.7. The van der Waals surface area contributed by atoms with Crippen LogP contribution in [0.15, 0.2) is 60.7 Å². The maximum Gasteiger partial charge on any atom is 0.244 e. The summed E-state index contributed by atoms with van der Waals surface area (Å²) in [5.41, 5.74) is 1.77. The number of nitrogens with one attached hydrogen (secondary N) is 2. The quantitative estimate of drug-likeness (QED) is 0.599. The Morgan fingerprint density at radius 1 is 0.733 bits per heavy atom. The smallest absolute Gasteiger partial charge is 0.244 e. The highest BCUT2D eigenvalue weighted by Gasteiger charge is 2.22. The van der Waals surface area contributed by atoms with Crippen molar-refractivity contribution in [2.75, 3.05) is 0 Å². The first kappa shape index (κ1) is 22.1. The fourth-order valence-corrected chi connectivity index (χ4v) is 3.84. The molecule has 0 aromatic heterocycles. The second-order valence-corrected chi connectivity index (χ2v) is 8.22. The van der Waals surface area contributed by atoms with Crippen molar-refractivity contribution in [3.05, 3.63) is 81.9 Å². The lowest BCUT2D eigenvalue weighted by atomic mass is 9.91. The largest absolute Gasteiger partial charge is 0.350 e. The molecule has 1 saturated carbocycles. The highest BCUT2D eigenvalue weighted by molar-refractivity contribution is 6.31. The zero-order chi connectivity index (χ0) is 21.3. The van der Waals surface area contributed by atoms with Gasteiger partial charge in [-0.15, -0.1) is 0 Å². The third kappa shape index (κ3) is 7.36. The standard InChI is InChI=1S/C24H24Cl2N2O2/c25-19-5-1-3-17(15-19)7-13-23(29)27-21-9-11-22(12-10-21)28-24(30)14-8-18-4-2-6-20(26)16-18/h1-8,13-16,21-22H,9-12H2,(H,27,29)(H,28,30)/b13-7+,14-8+. The fraction of sp³-hybridized carbons (Fsp3) is 0.250. The molecule has 2 N–H and O–H groups in total. The van der Waals surface area contributed by atoms with E-state index in [1.54, 1.807) is 36.4 Å². The topological polar surface area (TPSA) is 58.2 Å². The average Bonchev–Trinajstić information content (AvgIpc) is 2.72. The van der Waals surface area contributed by atoms with Crippen LogP contribution in [-0.4, -0.2) is 23.9 Å². The van der Waals surface area contributed by atoms with Crippen molar-refractivity contribution in [2.24, 2.45) is 0 Å². The summed E-state index contributed by atoms with van der Waals surface area (Å²) in [4.78, 5) is 24.3. The van der Waals surface area contributed by atoms with E-state index in [-0.39, 0.29) is 23.9 Å². The van der Waals surface area contributed by atoms with Crippen molar-refractivity contribution in [3.8, 4) is 0 Å². The minimum Gasteiger partial charge on any atom is -0.350 e. The molecule has 0 heterocycles. The van der Waals surface area contributed by atoms with Crippen molar-refractivity contribution in [3.63, 3.8) is 0 Å². The van der Waals surface area contributed by atoms with Gasteiger partial charge in [0.1, 0.15) is 0 Å². The van der Waals surface area contributed by atoms with Crippen LogP contribution in [0.5, 0.6) is 0 Å². The molecule has 2 amide bonds. The Morgan fingerprint density at radius 2 is 1.13 bits per heavy atom. The molecule has 0 unspecified atom stereocenters. The van der Waals surface area contributed by atoms with Crippen molar-refractivity contribution in [2.45, 2.75) is 37.8 Å². The molecule has 2 aromatic rings. The molecule has 0 atom stereocenters. The van der Waals surface area contributed by atoms with Crippen LogP contribution in [0.3, 0.4) is 0 Å². The molecular formula is C24H24Cl2N2O2. The van der Waals surface area contributed by atoms with E-state index >= 15 is 0 Å². The number of hydrogen-bond donors (Lipinski definition) is 2.